The predicted molar refractivity (Wildman–Crippen MR) is 204 cm³/mol. The van der Waals surface area contributed by atoms with Crippen molar-refractivity contribution in [2.45, 2.75) is 133 Å². The number of ether oxygens (including phenoxy) is 3. The van der Waals surface area contributed by atoms with Crippen LogP contribution in [-0.4, -0.2) is 102 Å². The zero-order valence-corrected chi connectivity index (χ0v) is 34.0. The van der Waals surface area contributed by atoms with Gasteiger partial charge in [0.1, 0.15) is 41.3 Å². The Kier molecular flexibility index (Phi) is 10.5. The van der Waals surface area contributed by atoms with Crippen LogP contribution in [0.25, 0.3) is 11.0 Å². The number of nitrogens with zero attached hydrogens (tertiary/aromatic N) is 3. The van der Waals surface area contributed by atoms with Crippen LogP contribution < -0.4 is 24.8 Å². The van der Waals surface area contributed by atoms with Gasteiger partial charge in [0.05, 0.1) is 35.9 Å². The van der Waals surface area contributed by atoms with Crippen molar-refractivity contribution in [3.8, 4) is 11.6 Å². The second-order valence-electron chi connectivity index (χ2n) is 18.1. The number of aromatic nitrogens is 2. The molecule has 4 amide bonds. The highest BCUT2D eigenvalue weighted by Crippen LogP contribution is 2.58. The van der Waals surface area contributed by atoms with Gasteiger partial charge in [-0.3, -0.25) is 19.1 Å². The molecule has 0 radical (unpaired) electrons. The SMILES string of the molecule is COc1ccc2nc3c(nc2c1)O[C@@H]1C[C@@H](C(=O)N[C@]2(C(=O)NS(=O)(=O)C4CC4)C[C@H]2C(F)F)N(C1)C(=O)[C@H](C(C)(C)C)NC(=O)O[C@@H]1C[C@@H]2C[C@@H]2[C@H]1CCCCC3. The van der Waals surface area contributed by atoms with Crippen LogP contribution in [0.2, 0.25) is 0 Å². The fourth-order valence-corrected chi connectivity index (χ4v) is 10.7. The van der Waals surface area contributed by atoms with Gasteiger partial charge in [-0.25, -0.2) is 32.0 Å². The number of carbonyl (C=O) groups excluding carboxylic acids is 4. The Morgan fingerprint density at radius 1 is 1.02 bits per heavy atom. The molecule has 1 saturated heterocycles. The molecule has 2 bridgehead atoms. The van der Waals surface area contributed by atoms with E-state index in [1.54, 1.807) is 32.9 Å². The molecule has 1 aromatic heterocycles. The summed E-state index contributed by atoms with van der Waals surface area (Å²) < 4.78 is 73.7. The molecular formula is C40H52F2N6O9S. The number of fused-ring (bicyclic) bond motifs is 7. The van der Waals surface area contributed by atoms with Crippen molar-refractivity contribution in [1.82, 2.24) is 30.2 Å². The molecule has 6 aliphatic rings. The maximum Gasteiger partial charge on any atom is 0.408 e. The minimum atomic E-state index is -4.13. The highest BCUT2D eigenvalue weighted by molar-refractivity contribution is 7.91. The van der Waals surface area contributed by atoms with Gasteiger partial charge in [0.25, 0.3) is 5.91 Å². The van der Waals surface area contributed by atoms with Gasteiger partial charge in [0.2, 0.25) is 34.1 Å². The molecule has 4 saturated carbocycles. The lowest BCUT2D eigenvalue weighted by Crippen LogP contribution is -2.60. The number of rotatable bonds is 7. The van der Waals surface area contributed by atoms with Gasteiger partial charge in [0.15, 0.2) is 0 Å². The maximum atomic E-state index is 14.7. The molecule has 0 unspecified atom stereocenters. The number of halogens is 2. The Morgan fingerprint density at radius 3 is 2.48 bits per heavy atom. The molecule has 8 rings (SSSR count). The van der Waals surface area contributed by atoms with Gasteiger partial charge in [-0.1, -0.05) is 33.6 Å². The highest BCUT2D eigenvalue weighted by Gasteiger charge is 2.67. The minimum Gasteiger partial charge on any atom is -0.497 e. The van der Waals surface area contributed by atoms with E-state index >= 15 is 0 Å². The number of hydrogen-bond donors (Lipinski definition) is 3. The number of aryl methyl sites for hydroxylation is 1. The number of alkyl carbamates (subject to hydrolysis) is 1. The minimum absolute atomic E-state index is 0.139. The van der Waals surface area contributed by atoms with E-state index in [2.05, 4.69) is 10.6 Å². The van der Waals surface area contributed by atoms with E-state index in [9.17, 15) is 36.4 Å². The van der Waals surface area contributed by atoms with Crippen LogP contribution in [0, 0.1) is 29.1 Å². The number of alkyl halides is 2. The van der Waals surface area contributed by atoms with Gasteiger partial charge in [0, 0.05) is 12.5 Å². The van der Waals surface area contributed by atoms with Crippen LogP contribution in [0.5, 0.6) is 11.6 Å². The number of amides is 4. The first-order chi connectivity index (χ1) is 27.5. The highest BCUT2D eigenvalue weighted by atomic mass is 32.2. The van der Waals surface area contributed by atoms with E-state index in [1.165, 1.54) is 12.0 Å². The first-order valence-electron chi connectivity index (χ1n) is 20.4. The topological polar surface area (TPSA) is 195 Å². The second-order valence-corrected chi connectivity index (χ2v) is 20.1. The average Bonchev–Trinajstić information content (AvgIpc) is 4.10. The van der Waals surface area contributed by atoms with Crippen molar-refractivity contribution in [1.29, 1.82) is 0 Å². The van der Waals surface area contributed by atoms with Crippen molar-refractivity contribution < 1.29 is 50.6 Å². The van der Waals surface area contributed by atoms with Crippen molar-refractivity contribution in [3.63, 3.8) is 0 Å². The summed E-state index contributed by atoms with van der Waals surface area (Å²) in [4.78, 5) is 67.1. The van der Waals surface area contributed by atoms with Crippen LogP contribution in [-0.2, 0) is 35.6 Å². The zero-order valence-electron chi connectivity index (χ0n) is 33.2. The summed E-state index contributed by atoms with van der Waals surface area (Å²) in [6.45, 7) is 5.11. The summed E-state index contributed by atoms with van der Waals surface area (Å²) in [7, 11) is -2.60. The van der Waals surface area contributed by atoms with Crippen molar-refractivity contribution >= 4 is 44.9 Å². The number of nitrogens with one attached hydrogen (secondary N) is 3. The van der Waals surface area contributed by atoms with Gasteiger partial charge >= 0.3 is 6.09 Å². The lowest BCUT2D eigenvalue weighted by Gasteiger charge is -2.36. The van der Waals surface area contributed by atoms with Gasteiger partial charge < -0.3 is 29.7 Å². The van der Waals surface area contributed by atoms with E-state index in [0.29, 0.717) is 53.6 Å². The fourth-order valence-electron chi connectivity index (χ4n) is 9.31. The largest absolute Gasteiger partial charge is 0.497 e. The monoisotopic (exact) mass is 830 g/mol. The van der Waals surface area contributed by atoms with E-state index in [-0.39, 0.29) is 30.9 Å². The second kappa shape index (κ2) is 15.0. The predicted octanol–water partition coefficient (Wildman–Crippen LogP) is 4.02. The van der Waals surface area contributed by atoms with Crippen LogP contribution in [0.1, 0.15) is 90.7 Å². The molecule has 9 atom stereocenters. The molecule has 5 fully saturated rings. The Morgan fingerprint density at radius 2 is 1.79 bits per heavy atom. The summed E-state index contributed by atoms with van der Waals surface area (Å²) >= 11 is 0. The molecule has 4 aliphatic carbocycles. The van der Waals surface area contributed by atoms with Crippen molar-refractivity contribution in [2.75, 3.05) is 13.7 Å². The molecule has 3 N–H and O–H groups in total. The van der Waals surface area contributed by atoms with Crippen LogP contribution >= 0.6 is 0 Å². The molecule has 0 spiro atoms. The van der Waals surface area contributed by atoms with Crippen molar-refractivity contribution in [3.05, 3.63) is 23.9 Å². The number of methoxy groups -OCH3 is 1. The molecule has 2 aliphatic heterocycles. The Hall–Kier alpha value is -4.35. The normalized spacial score (nSPS) is 32.7. The lowest BCUT2D eigenvalue weighted by atomic mass is 9.85. The fraction of sp³-hybridized carbons (Fsp3) is 0.700. The summed E-state index contributed by atoms with van der Waals surface area (Å²) in [5, 5.41) is 4.44. The van der Waals surface area contributed by atoms with Gasteiger partial charge in [-0.05, 0) is 86.7 Å². The summed E-state index contributed by atoms with van der Waals surface area (Å²) in [6.07, 6.45) is 1.01. The molecule has 58 heavy (non-hydrogen) atoms. The third-order valence-corrected chi connectivity index (χ3v) is 14.7. The Balaban J connectivity index is 1.13. The summed E-state index contributed by atoms with van der Waals surface area (Å²) in [5.41, 5.74) is -1.37. The molecule has 1 aromatic carbocycles. The molecule has 316 valence electrons. The first kappa shape index (κ1) is 40.4. The van der Waals surface area contributed by atoms with E-state index in [0.717, 1.165) is 38.5 Å². The number of hydrogen-bond acceptors (Lipinski definition) is 11. The quantitative estimate of drug-likeness (QED) is 0.365. The smallest absolute Gasteiger partial charge is 0.408 e. The van der Waals surface area contributed by atoms with Crippen molar-refractivity contribution in [2.24, 2.45) is 29.1 Å². The molecular weight excluding hydrogens is 779 g/mol. The van der Waals surface area contributed by atoms with Gasteiger partial charge in [-0.2, -0.15) is 0 Å². The van der Waals surface area contributed by atoms with E-state index in [1.807, 2.05) is 10.8 Å². The zero-order chi connectivity index (χ0) is 41.3. The maximum absolute atomic E-state index is 14.7. The molecule has 2 aromatic rings. The number of carbonyl (C=O) groups is 4. The lowest BCUT2D eigenvalue weighted by molar-refractivity contribution is -0.143. The van der Waals surface area contributed by atoms with Crippen LogP contribution in [0.3, 0.4) is 0 Å². The number of sulfonamides is 1. The Bertz CT molecular complexity index is 2100. The van der Waals surface area contributed by atoms with E-state index in [4.69, 9.17) is 24.2 Å². The third-order valence-electron chi connectivity index (χ3n) is 12.9. The summed E-state index contributed by atoms with van der Waals surface area (Å²) in [6, 6.07) is 2.76. The third kappa shape index (κ3) is 8.01. The first-order valence-corrected chi connectivity index (χ1v) is 22.0. The average molecular weight is 831 g/mol. The number of benzene rings is 1. The van der Waals surface area contributed by atoms with Crippen LogP contribution in [0.15, 0.2) is 18.2 Å². The standard InChI is InChI=1S/C40H52F2N6O9S/c1-39(2,3)32-36(50)48-19-22(17-30(48)34(49)46-40(18-26(40)33(41)42)37(51)47-58(53,54)23-11-12-23)56-35-28(43-27-13-10-21(55-4)16-29(27)44-35)9-7-5-6-8-24-25-14-20(25)15-31(24)57-38(52)45-32/h10,13,16,20,22-26,30-33H,5-9,11-12,14-15,17-19H2,1-4H3,(H,45,52)(H,46,49)(H,47,51)/t20-,22+,24+,25-,26-,30-,31+,32+,40+/m0/s1. The summed E-state index contributed by atoms with van der Waals surface area (Å²) in [5.74, 6) is -2.48. The van der Waals surface area contributed by atoms with Gasteiger partial charge in [-0.15, -0.1) is 0 Å². The molecule has 3 heterocycles. The van der Waals surface area contributed by atoms with E-state index < -0.39 is 87.0 Å². The molecule has 15 nitrogen and oxygen atoms in total. The molecule has 18 heteroatoms. The Labute approximate surface area is 336 Å². The van der Waals surface area contributed by atoms with Crippen LogP contribution in [0.4, 0.5) is 13.6 Å².